The van der Waals surface area contributed by atoms with E-state index in [0.717, 1.165) is 24.2 Å². The predicted octanol–water partition coefficient (Wildman–Crippen LogP) is 3.09. The van der Waals surface area contributed by atoms with Crippen molar-refractivity contribution in [2.75, 3.05) is 0 Å². The Hall–Kier alpha value is -1.90. The van der Waals surface area contributed by atoms with Crippen LogP contribution in [0.2, 0.25) is 0 Å². The van der Waals surface area contributed by atoms with Gasteiger partial charge in [0, 0.05) is 24.9 Å². The molecule has 3 rings (SSSR count). The van der Waals surface area contributed by atoms with Crippen LogP contribution < -0.4 is 0 Å². The van der Waals surface area contributed by atoms with Gasteiger partial charge in [0.2, 0.25) is 5.91 Å². The Bertz CT molecular complexity index is 598. The van der Waals surface area contributed by atoms with E-state index < -0.39 is 0 Å². The maximum absolute atomic E-state index is 11.6. The van der Waals surface area contributed by atoms with Crippen molar-refractivity contribution in [3.8, 4) is 11.4 Å². The minimum atomic E-state index is 0.0101. The van der Waals surface area contributed by atoms with Crippen molar-refractivity contribution in [2.24, 2.45) is 0 Å². The standard InChI is InChI=1S/C15H16N2O/c1-11(18)17-10-9-16-15(17)14-8-4-6-12-5-2-3-7-13(12)14/h4,6,8-10H,2-3,5,7H2,1H3. The Morgan fingerprint density at radius 2 is 2.11 bits per heavy atom. The second-order valence-corrected chi connectivity index (χ2v) is 4.79. The summed E-state index contributed by atoms with van der Waals surface area (Å²) in [5.41, 5.74) is 3.90. The highest BCUT2D eigenvalue weighted by Gasteiger charge is 2.17. The molecule has 0 unspecified atom stereocenters. The minimum absolute atomic E-state index is 0.0101. The van der Waals surface area contributed by atoms with Gasteiger partial charge in [0.25, 0.3) is 0 Å². The summed E-state index contributed by atoms with van der Waals surface area (Å²) in [5.74, 6) is 0.789. The Kier molecular flexibility index (Phi) is 2.74. The van der Waals surface area contributed by atoms with Crippen LogP contribution in [0.4, 0.5) is 0 Å². The van der Waals surface area contributed by atoms with Crippen molar-refractivity contribution < 1.29 is 4.79 Å². The number of rotatable bonds is 1. The zero-order valence-electron chi connectivity index (χ0n) is 10.5. The van der Waals surface area contributed by atoms with Crippen LogP contribution in [0.1, 0.15) is 35.7 Å². The molecule has 0 N–H and O–H groups in total. The fourth-order valence-corrected chi connectivity index (χ4v) is 2.75. The molecule has 0 bridgehead atoms. The van der Waals surface area contributed by atoms with Crippen molar-refractivity contribution in [2.45, 2.75) is 32.6 Å². The molecule has 0 saturated carbocycles. The molecule has 1 aromatic carbocycles. The van der Waals surface area contributed by atoms with Crippen molar-refractivity contribution >= 4 is 5.91 Å². The van der Waals surface area contributed by atoms with E-state index in [-0.39, 0.29) is 5.91 Å². The molecule has 92 valence electrons. The monoisotopic (exact) mass is 240 g/mol. The summed E-state index contributed by atoms with van der Waals surface area (Å²) in [6, 6.07) is 6.34. The van der Waals surface area contributed by atoms with Gasteiger partial charge >= 0.3 is 0 Å². The SMILES string of the molecule is CC(=O)n1ccnc1-c1cccc2c1CCCC2. The van der Waals surface area contributed by atoms with Crippen molar-refractivity contribution in [3.05, 3.63) is 41.7 Å². The van der Waals surface area contributed by atoms with Crippen molar-refractivity contribution in [1.82, 2.24) is 9.55 Å². The Labute approximate surface area is 106 Å². The second kappa shape index (κ2) is 4.41. The first kappa shape index (κ1) is 11.2. The maximum Gasteiger partial charge on any atom is 0.229 e. The molecule has 0 aliphatic heterocycles. The van der Waals surface area contributed by atoms with Crippen LogP contribution >= 0.6 is 0 Å². The van der Waals surface area contributed by atoms with E-state index in [4.69, 9.17) is 0 Å². The highest BCUT2D eigenvalue weighted by atomic mass is 16.1. The number of fused-ring (bicyclic) bond motifs is 1. The van der Waals surface area contributed by atoms with Gasteiger partial charge in [-0.15, -0.1) is 0 Å². The molecule has 18 heavy (non-hydrogen) atoms. The normalized spacial score (nSPS) is 14.3. The molecule has 1 aromatic heterocycles. The summed E-state index contributed by atoms with van der Waals surface area (Å²) in [5, 5.41) is 0. The molecule has 0 atom stereocenters. The predicted molar refractivity (Wildman–Crippen MR) is 70.6 cm³/mol. The first-order valence-corrected chi connectivity index (χ1v) is 6.43. The highest BCUT2D eigenvalue weighted by Crippen LogP contribution is 2.30. The largest absolute Gasteiger partial charge is 0.274 e. The first-order chi connectivity index (χ1) is 8.77. The van der Waals surface area contributed by atoms with Gasteiger partial charge in [-0.05, 0) is 36.8 Å². The van der Waals surface area contributed by atoms with Crippen LogP contribution in [-0.4, -0.2) is 15.5 Å². The van der Waals surface area contributed by atoms with Crippen LogP contribution in [0, 0.1) is 0 Å². The number of carbonyl (C=O) groups excluding carboxylic acids is 1. The van der Waals surface area contributed by atoms with Crippen LogP contribution in [0.25, 0.3) is 11.4 Å². The molecule has 3 nitrogen and oxygen atoms in total. The molecule has 1 aliphatic rings. The molecule has 0 fully saturated rings. The van der Waals surface area contributed by atoms with Gasteiger partial charge in [0.05, 0.1) is 0 Å². The summed E-state index contributed by atoms with van der Waals surface area (Å²) in [6.45, 7) is 1.57. The van der Waals surface area contributed by atoms with E-state index in [0.29, 0.717) is 0 Å². The Morgan fingerprint density at radius 1 is 1.28 bits per heavy atom. The van der Waals surface area contributed by atoms with E-state index >= 15 is 0 Å². The lowest BCUT2D eigenvalue weighted by atomic mass is 9.88. The molecule has 1 heterocycles. The molecule has 0 saturated heterocycles. The zero-order valence-corrected chi connectivity index (χ0v) is 10.5. The van der Waals surface area contributed by atoms with E-state index in [1.165, 1.54) is 24.0 Å². The Balaban J connectivity index is 2.17. The lowest BCUT2D eigenvalue weighted by Gasteiger charge is -2.19. The smallest absolute Gasteiger partial charge is 0.229 e. The molecular formula is C15H16N2O. The van der Waals surface area contributed by atoms with E-state index in [1.807, 2.05) is 0 Å². The second-order valence-electron chi connectivity index (χ2n) is 4.79. The molecule has 0 amide bonds. The van der Waals surface area contributed by atoms with Crippen LogP contribution in [0.5, 0.6) is 0 Å². The summed E-state index contributed by atoms with van der Waals surface area (Å²) in [4.78, 5) is 15.9. The Morgan fingerprint density at radius 3 is 2.94 bits per heavy atom. The summed E-state index contributed by atoms with van der Waals surface area (Å²) in [6.07, 6.45) is 8.15. The van der Waals surface area contributed by atoms with Crippen LogP contribution in [0.15, 0.2) is 30.6 Å². The van der Waals surface area contributed by atoms with Crippen LogP contribution in [-0.2, 0) is 12.8 Å². The number of aryl methyl sites for hydroxylation is 1. The lowest BCUT2D eigenvalue weighted by Crippen LogP contribution is -2.10. The minimum Gasteiger partial charge on any atom is -0.274 e. The number of carbonyl (C=O) groups is 1. The van der Waals surface area contributed by atoms with E-state index in [2.05, 4.69) is 23.2 Å². The maximum atomic E-state index is 11.6. The fraction of sp³-hybridized carbons (Fsp3) is 0.333. The third kappa shape index (κ3) is 1.76. The van der Waals surface area contributed by atoms with E-state index in [9.17, 15) is 4.79 Å². The number of nitrogens with zero attached hydrogens (tertiary/aromatic N) is 2. The molecule has 0 radical (unpaired) electrons. The molecule has 2 aromatic rings. The number of hydrogen-bond donors (Lipinski definition) is 0. The summed E-state index contributed by atoms with van der Waals surface area (Å²) < 4.78 is 1.63. The summed E-state index contributed by atoms with van der Waals surface area (Å²) >= 11 is 0. The average molecular weight is 240 g/mol. The lowest BCUT2D eigenvalue weighted by molar-refractivity contribution is 0.0938. The summed E-state index contributed by atoms with van der Waals surface area (Å²) in [7, 11) is 0. The van der Waals surface area contributed by atoms with Gasteiger partial charge in [-0.25, -0.2) is 4.98 Å². The number of benzene rings is 1. The third-order valence-electron chi connectivity index (χ3n) is 3.62. The van der Waals surface area contributed by atoms with Gasteiger partial charge in [0.15, 0.2) is 0 Å². The van der Waals surface area contributed by atoms with Crippen molar-refractivity contribution in [3.63, 3.8) is 0 Å². The molecule has 0 spiro atoms. The van der Waals surface area contributed by atoms with Crippen molar-refractivity contribution in [1.29, 1.82) is 0 Å². The molecule has 1 aliphatic carbocycles. The number of imidazole rings is 1. The van der Waals surface area contributed by atoms with Gasteiger partial charge in [-0.1, -0.05) is 18.2 Å². The topological polar surface area (TPSA) is 34.9 Å². The van der Waals surface area contributed by atoms with E-state index in [1.54, 1.807) is 23.9 Å². The third-order valence-corrected chi connectivity index (χ3v) is 3.62. The van der Waals surface area contributed by atoms with Crippen LogP contribution in [0.3, 0.4) is 0 Å². The average Bonchev–Trinajstić information content (AvgIpc) is 2.87. The fourth-order valence-electron chi connectivity index (χ4n) is 2.75. The quantitative estimate of drug-likeness (QED) is 0.767. The molecule has 3 heteroatoms. The molecular weight excluding hydrogens is 224 g/mol. The first-order valence-electron chi connectivity index (χ1n) is 6.43. The van der Waals surface area contributed by atoms with Gasteiger partial charge in [0.1, 0.15) is 5.82 Å². The highest BCUT2D eigenvalue weighted by molar-refractivity contribution is 5.81. The van der Waals surface area contributed by atoms with Gasteiger partial charge in [-0.3, -0.25) is 9.36 Å². The van der Waals surface area contributed by atoms with Gasteiger partial charge in [-0.2, -0.15) is 0 Å². The van der Waals surface area contributed by atoms with Gasteiger partial charge < -0.3 is 0 Å². The number of hydrogen-bond acceptors (Lipinski definition) is 2. The number of aromatic nitrogens is 2. The zero-order chi connectivity index (χ0) is 12.5.